The second kappa shape index (κ2) is 8.93. The molecule has 0 saturated carbocycles. The van der Waals surface area contributed by atoms with Crippen LogP contribution in [0, 0.1) is 5.41 Å². The van der Waals surface area contributed by atoms with Gasteiger partial charge < -0.3 is 11.1 Å². The number of amidine groups is 1. The van der Waals surface area contributed by atoms with Crippen molar-refractivity contribution in [2.45, 2.75) is 6.42 Å². The molecule has 104 valence electrons. The zero-order valence-corrected chi connectivity index (χ0v) is 12.7. The summed E-state index contributed by atoms with van der Waals surface area (Å²) < 4.78 is 0. The first kappa shape index (κ1) is 17.9. The van der Waals surface area contributed by atoms with Gasteiger partial charge in [0.25, 0.3) is 0 Å². The minimum absolute atomic E-state index is 0. The van der Waals surface area contributed by atoms with Gasteiger partial charge in [0, 0.05) is 16.6 Å². The molecule has 1 aromatic heterocycles. The molecule has 0 aliphatic heterocycles. The van der Waals surface area contributed by atoms with Crippen molar-refractivity contribution < 1.29 is 0 Å². The fourth-order valence-electron chi connectivity index (χ4n) is 1.54. The van der Waals surface area contributed by atoms with Crippen molar-refractivity contribution in [3.05, 3.63) is 52.2 Å². The summed E-state index contributed by atoms with van der Waals surface area (Å²) in [5, 5.41) is 14.9. The van der Waals surface area contributed by atoms with Crippen LogP contribution in [0.15, 0.2) is 41.1 Å². The average molecular weight is 318 g/mol. The lowest BCUT2D eigenvalue weighted by Crippen LogP contribution is -2.10. The Balaban J connectivity index is 0.00000162. The van der Waals surface area contributed by atoms with Crippen molar-refractivity contribution in [2.24, 2.45) is 5.73 Å². The highest BCUT2D eigenvalue weighted by Gasteiger charge is 2.01. The fourth-order valence-corrected chi connectivity index (χ4v) is 2.19. The van der Waals surface area contributed by atoms with E-state index < -0.39 is 0 Å². The molecule has 0 spiro atoms. The molecule has 0 unspecified atom stereocenters. The summed E-state index contributed by atoms with van der Waals surface area (Å²) in [5.41, 5.74) is 8.57. The summed E-state index contributed by atoms with van der Waals surface area (Å²) in [7, 11) is 0. The predicted molar refractivity (Wildman–Crippen MR) is 88.5 cm³/mol. The van der Waals surface area contributed by atoms with Gasteiger partial charge in [-0.1, -0.05) is 12.1 Å². The van der Waals surface area contributed by atoms with Crippen LogP contribution in [0.5, 0.6) is 0 Å². The molecule has 2 rings (SSSR count). The molecule has 3 nitrogen and oxygen atoms in total. The molecular weight excluding hydrogens is 301 g/mol. The van der Waals surface area contributed by atoms with E-state index >= 15 is 0 Å². The van der Waals surface area contributed by atoms with Crippen LogP contribution in [-0.2, 0) is 6.42 Å². The number of halogens is 2. The lowest BCUT2D eigenvalue weighted by molar-refractivity contribution is 0.969. The SMILES string of the molecule is Cl.Cl.N=C(Nc1ccc(CCN)cc1)c1ccsc1. The first-order chi connectivity index (χ1) is 8.29. The second-order valence-electron chi connectivity index (χ2n) is 3.75. The van der Waals surface area contributed by atoms with E-state index in [0.29, 0.717) is 12.4 Å². The minimum Gasteiger partial charge on any atom is -0.340 e. The number of nitrogens with one attached hydrogen (secondary N) is 2. The number of benzene rings is 1. The normalized spacial score (nSPS) is 9.11. The maximum atomic E-state index is 7.89. The third kappa shape index (κ3) is 5.20. The Morgan fingerprint density at radius 1 is 1.16 bits per heavy atom. The van der Waals surface area contributed by atoms with E-state index in [1.54, 1.807) is 11.3 Å². The Labute approximate surface area is 129 Å². The maximum absolute atomic E-state index is 7.89. The zero-order chi connectivity index (χ0) is 12.1. The fraction of sp³-hybridized carbons (Fsp3) is 0.154. The van der Waals surface area contributed by atoms with E-state index in [4.69, 9.17) is 11.1 Å². The summed E-state index contributed by atoms with van der Waals surface area (Å²) in [5.74, 6) is 0.429. The van der Waals surface area contributed by atoms with Crippen molar-refractivity contribution in [3.8, 4) is 0 Å². The van der Waals surface area contributed by atoms with Gasteiger partial charge in [-0.25, -0.2) is 0 Å². The summed E-state index contributed by atoms with van der Waals surface area (Å²) in [4.78, 5) is 0. The zero-order valence-electron chi connectivity index (χ0n) is 10.3. The average Bonchev–Trinajstić information content (AvgIpc) is 2.86. The molecule has 0 fully saturated rings. The Hall–Kier alpha value is -1.07. The van der Waals surface area contributed by atoms with Crippen molar-refractivity contribution >= 4 is 47.7 Å². The van der Waals surface area contributed by atoms with Gasteiger partial charge in [-0.3, -0.25) is 5.41 Å². The van der Waals surface area contributed by atoms with Crippen LogP contribution >= 0.6 is 36.2 Å². The van der Waals surface area contributed by atoms with Crippen molar-refractivity contribution in [1.82, 2.24) is 0 Å². The van der Waals surface area contributed by atoms with E-state index in [0.717, 1.165) is 17.7 Å². The molecule has 0 aliphatic carbocycles. The lowest BCUT2D eigenvalue weighted by Gasteiger charge is -2.07. The molecule has 0 radical (unpaired) electrons. The quantitative estimate of drug-likeness (QED) is 0.596. The number of nitrogens with two attached hydrogens (primary N) is 1. The monoisotopic (exact) mass is 317 g/mol. The van der Waals surface area contributed by atoms with E-state index in [1.807, 2.05) is 41.1 Å². The molecular formula is C13H17Cl2N3S. The van der Waals surface area contributed by atoms with Gasteiger partial charge in [0.05, 0.1) is 0 Å². The van der Waals surface area contributed by atoms with Gasteiger partial charge in [0.15, 0.2) is 0 Å². The Kier molecular flexibility index (Phi) is 8.43. The highest BCUT2D eigenvalue weighted by atomic mass is 35.5. The van der Waals surface area contributed by atoms with Gasteiger partial charge in [-0.05, 0) is 42.1 Å². The molecule has 0 amide bonds. The van der Waals surface area contributed by atoms with Gasteiger partial charge in [-0.2, -0.15) is 11.3 Å². The lowest BCUT2D eigenvalue weighted by atomic mass is 10.1. The van der Waals surface area contributed by atoms with E-state index in [2.05, 4.69) is 5.32 Å². The Bertz CT molecular complexity index is 483. The molecule has 0 saturated heterocycles. The molecule has 19 heavy (non-hydrogen) atoms. The van der Waals surface area contributed by atoms with Crippen LogP contribution in [0.3, 0.4) is 0 Å². The Morgan fingerprint density at radius 2 is 1.84 bits per heavy atom. The number of rotatable bonds is 4. The molecule has 0 atom stereocenters. The van der Waals surface area contributed by atoms with Crippen LogP contribution in [-0.4, -0.2) is 12.4 Å². The van der Waals surface area contributed by atoms with Crippen molar-refractivity contribution in [3.63, 3.8) is 0 Å². The first-order valence-corrected chi connectivity index (χ1v) is 6.41. The largest absolute Gasteiger partial charge is 0.340 e. The second-order valence-corrected chi connectivity index (χ2v) is 4.53. The van der Waals surface area contributed by atoms with E-state index in [9.17, 15) is 0 Å². The van der Waals surface area contributed by atoms with Crippen molar-refractivity contribution in [2.75, 3.05) is 11.9 Å². The topological polar surface area (TPSA) is 61.9 Å². The van der Waals surface area contributed by atoms with E-state index in [1.165, 1.54) is 5.56 Å². The van der Waals surface area contributed by atoms with Crippen LogP contribution in [0.4, 0.5) is 5.69 Å². The third-order valence-electron chi connectivity index (χ3n) is 2.47. The molecule has 6 heteroatoms. The van der Waals surface area contributed by atoms with Crippen LogP contribution in [0.2, 0.25) is 0 Å². The predicted octanol–water partition coefficient (Wildman–Crippen LogP) is 3.53. The van der Waals surface area contributed by atoms with E-state index in [-0.39, 0.29) is 24.8 Å². The smallest absolute Gasteiger partial charge is 0.130 e. The summed E-state index contributed by atoms with van der Waals surface area (Å²) >= 11 is 1.59. The van der Waals surface area contributed by atoms with Gasteiger partial charge >= 0.3 is 0 Å². The molecule has 2 aromatic rings. The summed E-state index contributed by atoms with van der Waals surface area (Å²) in [6.07, 6.45) is 0.891. The summed E-state index contributed by atoms with van der Waals surface area (Å²) in [6, 6.07) is 9.97. The molecule has 1 heterocycles. The highest BCUT2D eigenvalue weighted by Crippen LogP contribution is 2.13. The van der Waals surface area contributed by atoms with Gasteiger partial charge in [0.1, 0.15) is 5.84 Å². The number of hydrogen-bond acceptors (Lipinski definition) is 3. The maximum Gasteiger partial charge on any atom is 0.130 e. The summed E-state index contributed by atoms with van der Waals surface area (Å²) in [6.45, 7) is 0.664. The molecule has 0 aliphatic rings. The number of thiophene rings is 1. The highest BCUT2D eigenvalue weighted by molar-refractivity contribution is 7.08. The van der Waals surface area contributed by atoms with Crippen molar-refractivity contribution in [1.29, 1.82) is 5.41 Å². The number of anilines is 1. The molecule has 4 N–H and O–H groups in total. The van der Waals surface area contributed by atoms with Crippen LogP contribution < -0.4 is 11.1 Å². The van der Waals surface area contributed by atoms with Crippen LogP contribution in [0.1, 0.15) is 11.1 Å². The standard InChI is InChI=1S/C13H15N3S.2ClH/c14-7-5-10-1-3-12(4-2-10)16-13(15)11-6-8-17-9-11;;/h1-4,6,8-9H,5,7,14H2,(H2,15,16);2*1H. The third-order valence-corrected chi connectivity index (χ3v) is 3.15. The first-order valence-electron chi connectivity index (χ1n) is 5.47. The van der Waals surface area contributed by atoms with Crippen LogP contribution in [0.25, 0.3) is 0 Å². The molecule has 0 bridgehead atoms. The Morgan fingerprint density at radius 3 is 2.37 bits per heavy atom. The number of hydrogen-bond donors (Lipinski definition) is 3. The van der Waals surface area contributed by atoms with Gasteiger partial charge in [-0.15, -0.1) is 24.8 Å². The minimum atomic E-state index is 0. The molecule has 1 aromatic carbocycles. The van der Waals surface area contributed by atoms with Gasteiger partial charge in [0.2, 0.25) is 0 Å².